The van der Waals surface area contributed by atoms with Gasteiger partial charge in [0.05, 0.1) is 0 Å². The molecule has 0 saturated carbocycles. The second kappa shape index (κ2) is 5.15. The van der Waals surface area contributed by atoms with Gasteiger partial charge in [-0.3, -0.25) is 0 Å². The fraction of sp³-hybridized carbons (Fsp3) is 0.467. The summed E-state index contributed by atoms with van der Waals surface area (Å²) in [7, 11) is 0. The monoisotopic (exact) mass is 276 g/mol. The summed E-state index contributed by atoms with van der Waals surface area (Å²) >= 11 is 0. The highest BCUT2D eigenvalue weighted by atomic mass is 16.4. The van der Waals surface area contributed by atoms with Gasteiger partial charge in [-0.15, -0.1) is 0 Å². The molecule has 1 saturated heterocycles. The highest BCUT2D eigenvalue weighted by Gasteiger charge is 2.46. The van der Waals surface area contributed by atoms with Crippen molar-refractivity contribution < 1.29 is 14.7 Å². The van der Waals surface area contributed by atoms with E-state index in [9.17, 15) is 14.7 Å². The van der Waals surface area contributed by atoms with E-state index < -0.39 is 11.5 Å². The first kappa shape index (κ1) is 14.4. The van der Waals surface area contributed by atoms with E-state index in [1.165, 1.54) is 4.90 Å². The van der Waals surface area contributed by atoms with Crippen molar-refractivity contribution in [3.8, 4) is 0 Å². The molecule has 2 amide bonds. The molecule has 1 unspecified atom stereocenters. The lowest BCUT2D eigenvalue weighted by atomic mass is 10.00. The van der Waals surface area contributed by atoms with Gasteiger partial charge >= 0.3 is 12.0 Å². The van der Waals surface area contributed by atoms with Gasteiger partial charge in [-0.05, 0) is 56.9 Å². The molecule has 0 radical (unpaired) electrons. The third-order valence-electron chi connectivity index (χ3n) is 3.82. The van der Waals surface area contributed by atoms with Gasteiger partial charge in [0.1, 0.15) is 5.54 Å². The molecule has 1 aliphatic heterocycles. The second-order valence-corrected chi connectivity index (χ2v) is 5.64. The predicted molar refractivity (Wildman–Crippen MR) is 76.9 cm³/mol. The van der Waals surface area contributed by atoms with E-state index in [0.717, 1.165) is 11.1 Å². The zero-order valence-corrected chi connectivity index (χ0v) is 12.1. The molecule has 2 N–H and O–H groups in total. The summed E-state index contributed by atoms with van der Waals surface area (Å²) in [4.78, 5) is 25.1. The molecular formula is C15H20N2O3. The minimum Gasteiger partial charge on any atom is -0.480 e. The number of likely N-dealkylation sites (tertiary alicyclic amines) is 1. The van der Waals surface area contributed by atoms with Crippen LogP contribution in [0.4, 0.5) is 10.5 Å². The van der Waals surface area contributed by atoms with Crippen molar-refractivity contribution >= 4 is 17.7 Å². The molecule has 2 rings (SSSR count). The fourth-order valence-corrected chi connectivity index (χ4v) is 2.75. The predicted octanol–water partition coefficient (Wildman–Crippen LogP) is 2.77. The third kappa shape index (κ3) is 2.61. The van der Waals surface area contributed by atoms with Crippen molar-refractivity contribution in [2.45, 2.75) is 39.2 Å². The molecule has 108 valence electrons. The van der Waals surface area contributed by atoms with Crippen LogP contribution in [-0.4, -0.2) is 34.1 Å². The SMILES string of the molecule is Cc1cc(C)cc(NC(=O)N2CCCC2(C)C(=O)O)c1. The van der Waals surface area contributed by atoms with Crippen LogP contribution in [0.25, 0.3) is 0 Å². The van der Waals surface area contributed by atoms with Crippen LogP contribution in [0.3, 0.4) is 0 Å². The summed E-state index contributed by atoms with van der Waals surface area (Å²) in [6.45, 7) is 5.99. The third-order valence-corrected chi connectivity index (χ3v) is 3.82. The molecule has 1 atom stereocenters. The lowest BCUT2D eigenvalue weighted by Gasteiger charge is -2.31. The van der Waals surface area contributed by atoms with E-state index in [-0.39, 0.29) is 6.03 Å². The topological polar surface area (TPSA) is 69.6 Å². The van der Waals surface area contributed by atoms with Crippen LogP contribution >= 0.6 is 0 Å². The van der Waals surface area contributed by atoms with Gasteiger partial charge < -0.3 is 15.3 Å². The van der Waals surface area contributed by atoms with E-state index in [1.807, 2.05) is 32.0 Å². The largest absolute Gasteiger partial charge is 0.480 e. The number of hydrogen-bond donors (Lipinski definition) is 2. The summed E-state index contributed by atoms with van der Waals surface area (Å²) in [5.74, 6) is -0.953. The molecule has 0 aromatic heterocycles. The van der Waals surface area contributed by atoms with Gasteiger partial charge in [0.25, 0.3) is 0 Å². The Morgan fingerprint density at radius 3 is 2.40 bits per heavy atom. The normalized spacial score (nSPS) is 21.9. The van der Waals surface area contributed by atoms with Gasteiger partial charge in [0.2, 0.25) is 0 Å². The molecule has 1 aliphatic rings. The zero-order valence-electron chi connectivity index (χ0n) is 12.1. The smallest absolute Gasteiger partial charge is 0.329 e. The Labute approximate surface area is 118 Å². The minimum atomic E-state index is -1.11. The van der Waals surface area contributed by atoms with Crippen molar-refractivity contribution in [2.75, 3.05) is 11.9 Å². The fourth-order valence-electron chi connectivity index (χ4n) is 2.75. The summed E-state index contributed by atoms with van der Waals surface area (Å²) in [6, 6.07) is 5.42. The molecule has 0 spiro atoms. The maximum Gasteiger partial charge on any atom is 0.329 e. The van der Waals surface area contributed by atoms with Crippen LogP contribution in [0.5, 0.6) is 0 Å². The Hall–Kier alpha value is -2.04. The first-order valence-electron chi connectivity index (χ1n) is 6.73. The van der Waals surface area contributed by atoms with Gasteiger partial charge in [-0.1, -0.05) is 6.07 Å². The number of aliphatic carboxylic acids is 1. The first-order chi connectivity index (χ1) is 9.33. The Morgan fingerprint density at radius 1 is 1.25 bits per heavy atom. The molecule has 0 bridgehead atoms. The van der Waals surface area contributed by atoms with Crippen molar-refractivity contribution in [1.29, 1.82) is 0 Å². The van der Waals surface area contributed by atoms with E-state index in [1.54, 1.807) is 6.92 Å². The van der Waals surface area contributed by atoms with Crippen LogP contribution in [0.2, 0.25) is 0 Å². The quantitative estimate of drug-likeness (QED) is 0.872. The van der Waals surface area contributed by atoms with E-state index in [2.05, 4.69) is 5.32 Å². The number of nitrogens with zero attached hydrogens (tertiary/aromatic N) is 1. The zero-order chi connectivity index (χ0) is 14.9. The standard InChI is InChI=1S/C15H20N2O3/c1-10-7-11(2)9-12(8-10)16-14(20)17-6-4-5-15(17,3)13(18)19/h7-9H,4-6H2,1-3H3,(H,16,20)(H,18,19). The Kier molecular flexibility index (Phi) is 3.70. The highest BCUT2D eigenvalue weighted by molar-refractivity contribution is 5.94. The van der Waals surface area contributed by atoms with Crippen LogP contribution < -0.4 is 5.32 Å². The molecule has 1 heterocycles. The van der Waals surface area contributed by atoms with Crippen molar-refractivity contribution in [2.24, 2.45) is 0 Å². The number of benzene rings is 1. The van der Waals surface area contributed by atoms with Crippen LogP contribution in [0, 0.1) is 13.8 Å². The van der Waals surface area contributed by atoms with Crippen LogP contribution in [0.15, 0.2) is 18.2 Å². The molecular weight excluding hydrogens is 256 g/mol. The molecule has 1 fully saturated rings. The van der Waals surface area contributed by atoms with Crippen LogP contribution in [0.1, 0.15) is 30.9 Å². The number of rotatable bonds is 2. The number of anilines is 1. The number of carboxylic acids is 1. The highest BCUT2D eigenvalue weighted by Crippen LogP contribution is 2.30. The molecule has 5 nitrogen and oxygen atoms in total. The van der Waals surface area contributed by atoms with Gasteiger partial charge in [0.15, 0.2) is 0 Å². The molecule has 20 heavy (non-hydrogen) atoms. The van der Waals surface area contributed by atoms with Gasteiger partial charge in [-0.2, -0.15) is 0 Å². The molecule has 1 aromatic carbocycles. The van der Waals surface area contributed by atoms with E-state index >= 15 is 0 Å². The average molecular weight is 276 g/mol. The van der Waals surface area contributed by atoms with E-state index in [4.69, 9.17) is 0 Å². The molecule has 5 heteroatoms. The maximum absolute atomic E-state index is 12.3. The molecule has 1 aromatic rings. The second-order valence-electron chi connectivity index (χ2n) is 5.64. The number of amides is 2. The lowest BCUT2D eigenvalue weighted by Crippen LogP contribution is -2.52. The number of aryl methyl sites for hydroxylation is 2. The number of urea groups is 1. The van der Waals surface area contributed by atoms with Crippen molar-refractivity contribution in [1.82, 2.24) is 4.90 Å². The summed E-state index contributed by atoms with van der Waals surface area (Å²) in [5.41, 5.74) is 1.71. The Bertz CT molecular complexity index is 536. The number of carbonyl (C=O) groups excluding carboxylic acids is 1. The minimum absolute atomic E-state index is 0.350. The lowest BCUT2D eigenvalue weighted by molar-refractivity contribution is -0.146. The summed E-state index contributed by atoms with van der Waals surface area (Å²) in [6.07, 6.45) is 1.20. The number of carbonyl (C=O) groups is 2. The number of carboxylic acid groups (broad SMARTS) is 1. The van der Waals surface area contributed by atoms with E-state index in [0.29, 0.717) is 25.1 Å². The van der Waals surface area contributed by atoms with Gasteiger partial charge in [0, 0.05) is 12.2 Å². The number of hydrogen-bond acceptors (Lipinski definition) is 2. The molecule has 0 aliphatic carbocycles. The van der Waals surface area contributed by atoms with Gasteiger partial charge in [-0.25, -0.2) is 9.59 Å². The Balaban J connectivity index is 2.17. The number of nitrogens with one attached hydrogen (secondary N) is 1. The van der Waals surface area contributed by atoms with Crippen molar-refractivity contribution in [3.63, 3.8) is 0 Å². The summed E-state index contributed by atoms with van der Waals surface area (Å²) < 4.78 is 0. The maximum atomic E-state index is 12.3. The Morgan fingerprint density at radius 2 is 1.85 bits per heavy atom. The van der Waals surface area contributed by atoms with Crippen LogP contribution in [-0.2, 0) is 4.79 Å². The first-order valence-corrected chi connectivity index (χ1v) is 6.73. The summed E-state index contributed by atoms with van der Waals surface area (Å²) in [5, 5.41) is 12.1. The van der Waals surface area contributed by atoms with Crippen molar-refractivity contribution in [3.05, 3.63) is 29.3 Å². The average Bonchev–Trinajstić information content (AvgIpc) is 2.71.